The zero-order valence-corrected chi connectivity index (χ0v) is 11.8. The van der Waals surface area contributed by atoms with Crippen LogP contribution in [0.1, 0.15) is 30.0 Å². The van der Waals surface area contributed by atoms with Crippen LogP contribution in [-0.2, 0) is 6.54 Å². The quantitative estimate of drug-likeness (QED) is 0.776. The molecule has 0 aliphatic carbocycles. The summed E-state index contributed by atoms with van der Waals surface area (Å²) in [6.45, 7) is 4.93. The molecule has 1 atom stereocenters. The number of benzene rings is 1. The van der Waals surface area contributed by atoms with Gasteiger partial charge in [-0.25, -0.2) is 0 Å². The number of fused-ring (bicyclic) bond motifs is 1. The van der Waals surface area contributed by atoms with Crippen molar-refractivity contribution in [3.05, 3.63) is 65.7 Å². The Kier molecular flexibility index (Phi) is 3.52. The average molecular weight is 266 g/mol. The summed E-state index contributed by atoms with van der Waals surface area (Å²) >= 11 is 0. The Morgan fingerprint density at radius 1 is 1.20 bits per heavy atom. The van der Waals surface area contributed by atoms with Gasteiger partial charge < -0.3 is 9.73 Å². The molecule has 3 nitrogen and oxygen atoms in total. The summed E-state index contributed by atoms with van der Waals surface area (Å²) in [5.41, 5.74) is 3.22. The van der Waals surface area contributed by atoms with Crippen LogP contribution >= 0.6 is 0 Å². The van der Waals surface area contributed by atoms with Gasteiger partial charge >= 0.3 is 0 Å². The molecule has 3 heteroatoms. The Morgan fingerprint density at radius 2 is 2.05 bits per heavy atom. The number of para-hydroxylation sites is 1. The van der Waals surface area contributed by atoms with Gasteiger partial charge in [-0.3, -0.25) is 4.98 Å². The largest absolute Gasteiger partial charge is 0.459 e. The van der Waals surface area contributed by atoms with Gasteiger partial charge in [0.2, 0.25) is 0 Å². The molecule has 0 bridgehead atoms. The van der Waals surface area contributed by atoms with E-state index in [1.807, 2.05) is 30.5 Å². The van der Waals surface area contributed by atoms with E-state index in [-0.39, 0.29) is 6.04 Å². The van der Waals surface area contributed by atoms with Crippen molar-refractivity contribution >= 4 is 11.0 Å². The molecule has 0 radical (unpaired) electrons. The lowest BCUT2D eigenvalue weighted by atomic mass is 10.2. The van der Waals surface area contributed by atoms with Gasteiger partial charge in [0.05, 0.1) is 11.7 Å². The number of nitrogens with zero attached hydrogens (tertiary/aromatic N) is 1. The number of hydrogen-bond acceptors (Lipinski definition) is 3. The molecule has 0 aliphatic heterocycles. The zero-order chi connectivity index (χ0) is 13.9. The minimum Gasteiger partial charge on any atom is -0.459 e. The van der Waals surface area contributed by atoms with Crippen molar-refractivity contribution in [3.63, 3.8) is 0 Å². The predicted octanol–water partition coefficient (Wildman–Crippen LogP) is 3.99. The molecule has 2 aromatic heterocycles. The molecule has 102 valence electrons. The molecule has 0 fully saturated rings. The number of nitrogens with one attached hydrogen (secondary N) is 1. The van der Waals surface area contributed by atoms with Crippen molar-refractivity contribution in [1.29, 1.82) is 0 Å². The zero-order valence-electron chi connectivity index (χ0n) is 11.8. The van der Waals surface area contributed by atoms with Crippen LogP contribution in [0.5, 0.6) is 0 Å². The van der Waals surface area contributed by atoms with Gasteiger partial charge in [0, 0.05) is 18.1 Å². The Bertz CT molecular complexity index is 685. The first-order chi connectivity index (χ1) is 9.74. The first-order valence-electron chi connectivity index (χ1n) is 6.86. The predicted molar refractivity (Wildman–Crippen MR) is 80.4 cm³/mol. The van der Waals surface area contributed by atoms with Gasteiger partial charge in [-0.2, -0.15) is 0 Å². The van der Waals surface area contributed by atoms with Gasteiger partial charge in [-0.15, -0.1) is 0 Å². The highest BCUT2D eigenvalue weighted by Gasteiger charge is 2.11. The minimum absolute atomic E-state index is 0.156. The second-order valence-electron chi connectivity index (χ2n) is 5.06. The van der Waals surface area contributed by atoms with E-state index in [2.05, 4.69) is 42.3 Å². The lowest BCUT2D eigenvalue weighted by Crippen LogP contribution is -2.18. The highest BCUT2D eigenvalue weighted by atomic mass is 16.3. The van der Waals surface area contributed by atoms with E-state index in [1.54, 1.807) is 0 Å². The van der Waals surface area contributed by atoms with E-state index >= 15 is 0 Å². The maximum atomic E-state index is 5.87. The second-order valence-corrected chi connectivity index (χ2v) is 5.06. The van der Waals surface area contributed by atoms with E-state index in [0.29, 0.717) is 0 Å². The number of pyridine rings is 1. The highest BCUT2D eigenvalue weighted by Crippen LogP contribution is 2.23. The lowest BCUT2D eigenvalue weighted by Gasteiger charge is -2.11. The van der Waals surface area contributed by atoms with Crippen LogP contribution in [0.2, 0.25) is 0 Å². The second kappa shape index (κ2) is 5.47. The molecular weight excluding hydrogens is 248 g/mol. The first kappa shape index (κ1) is 12.9. The standard InChI is InChI=1S/C17H18N2O/c1-12-6-5-9-18-15(12)11-19-13(2)17-10-14-7-3-4-8-16(14)20-17/h3-10,13,19H,11H2,1-2H3. The fraction of sp³-hybridized carbons (Fsp3) is 0.235. The minimum atomic E-state index is 0.156. The van der Waals surface area contributed by atoms with Crippen molar-refractivity contribution in [2.45, 2.75) is 26.4 Å². The topological polar surface area (TPSA) is 38.1 Å². The molecule has 3 aromatic rings. The van der Waals surface area contributed by atoms with Crippen LogP contribution in [0.4, 0.5) is 0 Å². The summed E-state index contributed by atoms with van der Waals surface area (Å²) in [7, 11) is 0. The number of furan rings is 1. The fourth-order valence-corrected chi connectivity index (χ4v) is 2.27. The summed E-state index contributed by atoms with van der Waals surface area (Å²) in [6, 6.07) is 14.4. The number of aromatic nitrogens is 1. The third kappa shape index (κ3) is 2.58. The van der Waals surface area contributed by atoms with Gasteiger partial charge in [-0.1, -0.05) is 24.3 Å². The normalized spacial score (nSPS) is 12.7. The summed E-state index contributed by atoms with van der Waals surface area (Å²) in [5.74, 6) is 0.958. The molecule has 1 aromatic carbocycles. The number of hydrogen-bond donors (Lipinski definition) is 1. The van der Waals surface area contributed by atoms with Crippen molar-refractivity contribution in [2.75, 3.05) is 0 Å². The van der Waals surface area contributed by atoms with E-state index in [1.165, 1.54) is 5.56 Å². The smallest absolute Gasteiger partial charge is 0.134 e. The average Bonchev–Trinajstić information content (AvgIpc) is 2.90. The summed E-state index contributed by atoms with van der Waals surface area (Å²) in [4.78, 5) is 4.39. The van der Waals surface area contributed by atoms with Crippen LogP contribution in [0, 0.1) is 6.92 Å². The monoisotopic (exact) mass is 266 g/mol. The SMILES string of the molecule is Cc1cccnc1CNC(C)c1cc2ccccc2o1. The molecular formula is C17H18N2O. The fourth-order valence-electron chi connectivity index (χ4n) is 2.27. The summed E-state index contributed by atoms with van der Waals surface area (Å²) in [5, 5.41) is 4.60. The third-order valence-corrected chi connectivity index (χ3v) is 3.56. The van der Waals surface area contributed by atoms with E-state index in [4.69, 9.17) is 4.42 Å². The highest BCUT2D eigenvalue weighted by molar-refractivity contribution is 5.77. The van der Waals surface area contributed by atoms with E-state index in [9.17, 15) is 0 Å². The molecule has 0 spiro atoms. The molecule has 0 saturated carbocycles. The molecule has 1 N–H and O–H groups in total. The van der Waals surface area contributed by atoms with E-state index in [0.717, 1.165) is 29.0 Å². The Hall–Kier alpha value is -2.13. The molecule has 2 heterocycles. The van der Waals surface area contributed by atoms with Crippen molar-refractivity contribution in [1.82, 2.24) is 10.3 Å². The molecule has 0 saturated heterocycles. The van der Waals surface area contributed by atoms with Gasteiger partial charge in [0.15, 0.2) is 0 Å². The van der Waals surface area contributed by atoms with Crippen LogP contribution in [0.25, 0.3) is 11.0 Å². The number of rotatable bonds is 4. The molecule has 20 heavy (non-hydrogen) atoms. The third-order valence-electron chi connectivity index (χ3n) is 3.56. The summed E-state index contributed by atoms with van der Waals surface area (Å²) < 4.78 is 5.87. The van der Waals surface area contributed by atoms with Crippen molar-refractivity contribution in [3.8, 4) is 0 Å². The van der Waals surface area contributed by atoms with Gasteiger partial charge in [0.25, 0.3) is 0 Å². The Morgan fingerprint density at radius 3 is 2.85 bits per heavy atom. The van der Waals surface area contributed by atoms with Gasteiger partial charge in [0.1, 0.15) is 11.3 Å². The van der Waals surface area contributed by atoms with Crippen LogP contribution in [0.15, 0.2) is 53.1 Å². The molecule has 3 rings (SSSR count). The molecule has 0 amide bonds. The maximum absolute atomic E-state index is 5.87. The van der Waals surface area contributed by atoms with Crippen LogP contribution < -0.4 is 5.32 Å². The molecule has 1 unspecified atom stereocenters. The number of aryl methyl sites for hydroxylation is 1. The van der Waals surface area contributed by atoms with E-state index < -0.39 is 0 Å². The lowest BCUT2D eigenvalue weighted by molar-refractivity contribution is 0.448. The van der Waals surface area contributed by atoms with Gasteiger partial charge in [-0.05, 0) is 37.6 Å². The Balaban J connectivity index is 1.73. The molecule has 0 aliphatic rings. The van der Waals surface area contributed by atoms with Crippen molar-refractivity contribution in [2.24, 2.45) is 0 Å². The Labute approximate surface area is 118 Å². The summed E-state index contributed by atoms with van der Waals surface area (Å²) in [6.07, 6.45) is 1.83. The first-order valence-corrected chi connectivity index (χ1v) is 6.86. The van der Waals surface area contributed by atoms with Crippen LogP contribution in [-0.4, -0.2) is 4.98 Å². The maximum Gasteiger partial charge on any atom is 0.134 e. The van der Waals surface area contributed by atoms with Crippen LogP contribution in [0.3, 0.4) is 0 Å². The van der Waals surface area contributed by atoms with Crippen molar-refractivity contribution < 1.29 is 4.42 Å².